The van der Waals surface area contributed by atoms with Gasteiger partial charge in [0, 0.05) is 37.0 Å². The van der Waals surface area contributed by atoms with E-state index in [1.807, 2.05) is 38.2 Å². The van der Waals surface area contributed by atoms with E-state index < -0.39 is 59.8 Å². The maximum absolute atomic E-state index is 13.9. The van der Waals surface area contributed by atoms with Gasteiger partial charge in [0.05, 0.1) is 27.4 Å². The van der Waals surface area contributed by atoms with E-state index in [4.69, 9.17) is 16.6 Å². The fourth-order valence-electron chi connectivity index (χ4n) is 4.54. The van der Waals surface area contributed by atoms with Crippen LogP contribution in [0.4, 0.5) is 39.5 Å². The molecule has 0 aliphatic carbocycles. The summed E-state index contributed by atoms with van der Waals surface area (Å²) < 4.78 is 123. The lowest BCUT2D eigenvalue weighted by Crippen LogP contribution is -2.39. The van der Waals surface area contributed by atoms with E-state index >= 15 is 0 Å². The van der Waals surface area contributed by atoms with Crippen molar-refractivity contribution in [2.75, 3.05) is 7.05 Å². The lowest BCUT2D eigenvalue weighted by molar-refractivity contribution is -0.143. The van der Waals surface area contributed by atoms with Crippen molar-refractivity contribution >= 4 is 17.3 Å². The number of hydrazone groups is 1. The van der Waals surface area contributed by atoms with E-state index in [1.54, 1.807) is 0 Å². The van der Waals surface area contributed by atoms with Crippen LogP contribution in [-0.2, 0) is 44.5 Å². The van der Waals surface area contributed by atoms with Crippen LogP contribution in [0.5, 0.6) is 0 Å². The molecule has 0 spiro atoms. The van der Waals surface area contributed by atoms with Crippen LogP contribution in [0.3, 0.4) is 0 Å². The molecule has 0 saturated carbocycles. The minimum atomic E-state index is -5.12. The molecular formula is C31H33F9N6S. The van der Waals surface area contributed by atoms with Crippen molar-refractivity contribution in [1.29, 1.82) is 0 Å². The number of allylic oxidation sites excluding steroid dienone is 4. The normalized spacial score (nSPS) is 13.3. The standard InChI is InChI=1S/C31H33F9N6S/c1-4-6-7-8-9-10-26-43-27(25(5-2)47-26)24-12-11-21(29(32,33)34)15-20(24)18-46(28(41)44-45(3)42)17-19-13-22(30(35,36)37)16-23(14-19)31(38,39)40/h4,6,8-9,11-16H,5,7,10,17-18,42H2,1-3H3,(H2,41,44)/b6-4-,9-8-. The van der Waals surface area contributed by atoms with Crippen LogP contribution in [0.2, 0.25) is 0 Å². The average molecular weight is 693 g/mol. The predicted octanol–water partition coefficient (Wildman–Crippen LogP) is 8.53. The van der Waals surface area contributed by atoms with Gasteiger partial charge < -0.3 is 10.6 Å². The highest BCUT2D eigenvalue weighted by molar-refractivity contribution is 7.12. The number of alkyl halides is 9. The molecule has 0 unspecified atom stereocenters. The number of nitrogens with two attached hydrogens (primary N) is 2. The molecule has 0 bridgehead atoms. The van der Waals surface area contributed by atoms with E-state index in [9.17, 15) is 39.5 Å². The Bertz CT molecular complexity index is 1570. The SMILES string of the molecule is C/C=C\C/C=C\Cc1nc(-c2ccc(C(F)(F)F)cc2CN(Cc2cc(C(F)(F)F)cc(C(F)(F)F)c2)/C(N)=N/N(C)N)c(CC)s1. The van der Waals surface area contributed by atoms with Gasteiger partial charge in [0.15, 0.2) is 0 Å². The molecular weight excluding hydrogens is 659 g/mol. The van der Waals surface area contributed by atoms with Crippen molar-refractivity contribution in [3.8, 4) is 11.3 Å². The maximum Gasteiger partial charge on any atom is 0.416 e. The van der Waals surface area contributed by atoms with Gasteiger partial charge in [-0.25, -0.2) is 15.9 Å². The second-order valence-electron chi connectivity index (χ2n) is 10.4. The van der Waals surface area contributed by atoms with Crippen molar-refractivity contribution in [1.82, 2.24) is 15.0 Å². The Kier molecular flexibility index (Phi) is 12.1. The van der Waals surface area contributed by atoms with E-state index in [-0.39, 0.29) is 17.2 Å². The first-order chi connectivity index (χ1) is 21.8. The van der Waals surface area contributed by atoms with Crippen LogP contribution >= 0.6 is 11.3 Å². The zero-order valence-electron chi connectivity index (χ0n) is 25.6. The Morgan fingerprint density at radius 2 is 1.49 bits per heavy atom. The zero-order chi connectivity index (χ0) is 35.2. The van der Waals surface area contributed by atoms with Crippen LogP contribution < -0.4 is 11.6 Å². The monoisotopic (exact) mass is 692 g/mol. The van der Waals surface area contributed by atoms with E-state index in [0.717, 1.165) is 27.0 Å². The number of guanidine groups is 1. The average Bonchev–Trinajstić information content (AvgIpc) is 3.37. The molecule has 16 heteroatoms. The second-order valence-corrected chi connectivity index (χ2v) is 11.6. The Morgan fingerprint density at radius 3 is 2.02 bits per heavy atom. The first-order valence-corrected chi connectivity index (χ1v) is 15.0. The largest absolute Gasteiger partial charge is 0.416 e. The van der Waals surface area contributed by atoms with Gasteiger partial charge in [-0.05, 0) is 61.2 Å². The molecule has 3 aromatic rings. The van der Waals surface area contributed by atoms with Crippen molar-refractivity contribution in [3.05, 3.63) is 98.4 Å². The summed E-state index contributed by atoms with van der Waals surface area (Å²) in [6.07, 6.45) is -5.60. The molecule has 1 aromatic heterocycles. The van der Waals surface area contributed by atoms with Crippen molar-refractivity contribution < 1.29 is 39.5 Å². The summed E-state index contributed by atoms with van der Waals surface area (Å²) in [5.41, 5.74) is 2.18. The molecule has 4 N–H and O–H groups in total. The van der Waals surface area contributed by atoms with Gasteiger partial charge in [-0.3, -0.25) is 0 Å². The van der Waals surface area contributed by atoms with Gasteiger partial charge >= 0.3 is 18.5 Å². The van der Waals surface area contributed by atoms with E-state index in [2.05, 4.69) is 5.10 Å². The molecule has 0 atom stereocenters. The first kappa shape index (κ1) is 37.4. The fraction of sp³-hybridized carbons (Fsp3) is 0.355. The third kappa shape index (κ3) is 10.5. The fourth-order valence-corrected chi connectivity index (χ4v) is 5.54. The van der Waals surface area contributed by atoms with Gasteiger partial charge in [0.25, 0.3) is 0 Å². The number of aryl methyl sites for hydroxylation is 1. The molecule has 3 rings (SSSR count). The zero-order valence-corrected chi connectivity index (χ0v) is 26.4. The molecule has 256 valence electrons. The number of hydrogen-bond donors (Lipinski definition) is 2. The second kappa shape index (κ2) is 15.2. The summed E-state index contributed by atoms with van der Waals surface area (Å²) >= 11 is 1.38. The third-order valence-electron chi connectivity index (χ3n) is 6.68. The summed E-state index contributed by atoms with van der Waals surface area (Å²) in [7, 11) is 1.25. The van der Waals surface area contributed by atoms with Crippen LogP contribution in [0.25, 0.3) is 11.3 Å². The Labute approximate surface area is 269 Å². The molecule has 0 radical (unpaired) electrons. The summed E-state index contributed by atoms with van der Waals surface area (Å²) in [4.78, 5) is 6.50. The van der Waals surface area contributed by atoms with Gasteiger partial charge in [-0.2, -0.15) is 39.5 Å². The van der Waals surface area contributed by atoms with E-state index in [0.29, 0.717) is 42.1 Å². The van der Waals surface area contributed by atoms with Gasteiger partial charge in [0.2, 0.25) is 5.96 Å². The first-order valence-electron chi connectivity index (χ1n) is 14.1. The van der Waals surface area contributed by atoms with Crippen LogP contribution in [0.1, 0.15) is 58.0 Å². The number of hydrogen-bond acceptors (Lipinski definition) is 5. The number of benzene rings is 2. The molecule has 0 aliphatic rings. The molecule has 0 amide bonds. The minimum absolute atomic E-state index is 0.0100. The molecule has 47 heavy (non-hydrogen) atoms. The highest BCUT2D eigenvalue weighted by Crippen LogP contribution is 2.39. The number of hydrazine groups is 1. The predicted molar refractivity (Wildman–Crippen MR) is 163 cm³/mol. The molecule has 1 heterocycles. The Morgan fingerprint density at radius 1 is 0.872 bits per heavy atom. The highest BCUT2D eigenvalue weighted by atomic mass is 32.1. The quantitative estimate of drug-likeness (QED) is 0.0526. The number of thiazole rings is 1. The van der Waals surface area contributed by atoms with Crippen LogP contribution in [0.15, 0.2) is 65.8 Å². The summed E-state index contributed by atoms with van der Waals surface area (Å²) in [5, 5.41) is 5.26. The number of rotatable bonds is 11. The minimum Gasteiger partial charge on any atom is -0.368 e. The molecule has 0 aliphatic heterocycles. The Balaban J connectivity index is 2.17. The van der Waals surface area contributed by atoms with Crippen LogP contribution in [0, 0.1) is 0 Å². The summed E-state index contributed by atoms with van der Waals surface area (Å²) in [6, 6.07) is 3.98. The van der Waals surface area contributed by atoms with Crippen molar-refractivity contribution in [2.24, 2.45) is 16.7 Å². The molecule has 0 saturated heterocycles. The smallest absolute Gasteiger partial charge is 0.368 e. The maximum atomic E-state index is 13.9. The summed E-state index contributed by atoms with van der Waals surface area (Å²) in [6.45, 7) is 2.56. The Hall–Kier alpha value is -4.05. The topological polar surface area (TPSA) is 83.8 Å². The van der Waals surface area contributed by atoms with Gasteiger partial charge in [0.1, 0.15) is 0 Å². The number of aromatic nitrogens is 1. The van der Waals surface area contributed by atoms with Crippen molar-refractivity contribution in [2.45, 2.75) is 64.7 Å². The molecule has 6 nitrogen and oxygen atoms in total. The van der Waals surface area contributed by atoms with Crippen LogP contribution in [-0.4, -0.2) is 28.0 Å². The summed E-state index contributed by atoms with van der Waals surface area (Å²) in [5.74, 6) is 5.10. The van der Waals surface area contributed by atoms with Gasteiger partial charge in [-0.15, -0.1) is 16.4 Å². The lowest BCUT2D eigenvalue weighted by Gasteiger charge is -2.27. The number of halogens is 9. The van der Waals surface area contributed by atoms with Gasteiger partial charge in [-0.1, -0.05) is 37.3 Å². The molecule has 0 fully saturated rings. The third-order valence-corrected chi connectivity index (χ3v) is 7.91. The van der Waals surface area contributed by atoms with Crippen molar-refractivity contribution in [3.63, 3.8) is 0 Å². The van der Waals surface area contributed by atoms with E-state index in [1.165, 1.54) is 24.5 Å². The lowest BCUT2D eigenvalue weighted by atomic mass is 9.98. The number of nitrogens with zero attached hydrogens (tertiary/aromatic N) is 4. The highest BCUT2D eigenvalue weighted by Gasteiger charge is 2.37. The molecule has 2 aromatic carbocycles.